The van der Waals surface area contributed by atoms with Crippen LogP contribution in [0.1, 0.15) is 57.2 Å². The van der Waals surface area contributed by atoms with Crippen LogP contribution in [-0.4, -0.2) is 47.1 Å². The lowest BCUT2D eigenvalue weighted by molar-refractivity contribution is -0.139. The van der Waals surface area contributed by atoms with Gasteiger partial charge >= 0.3 is 0 Å². The summed E-state index contributed by atoms with van der Waals surface area (Å²) in [7, 11) is 1.44. The van der Waals surface area contributed by atoms with Crippen LogP contribution in [0.25, 0.3) is 5.76 Å². The summed E-state index contributed by atoms with van der Waals surface area (Å²) in [5.74, 6) is -0.619. The van der Waals surface area contributed by atoms with Gasteiger partial charge < -0.3 is 24.6 Å². The van der Waals surface area contributed by atoms with Crippen molar-refractivity contribution in [1.29, 1.82) is 0 Å². The van der Waals surface area contributed by atoms with Gasteiger partial charge in [0.15, 0.2) is 11.5 Å². The van der Waals surface area contributed by atoms with E-state index in [9.17, 15) is 19.8 Å². The summed E-state index contributed by atoms with van der Waals surface area (Å²) in [4.78, 5) is 27.6. The van der Waals surface area contributed by atoms with E-state index in [4.69, 9.17) is 9.47 Å². The lowest BCUT2D eigenvalue weighted by atomic mass is 9.95. The van der Waals surface area contributed by atoms with Gasteiger partial charge in [0.2, 0.25) is 0 Å². The van der Waals surface area contributed by atoms with E-state index in [-0.39, 0.29) is 22.8 Å². The Morgan fingerprint density at radius 3 is 2.53 bits per heavy atom. The van der Waals surface area contributed by atoms with Gasteiger partial charge in [0.25, 0.3) is 11.7 Å². The third-order valence-electron chi connectivity index (χ3n) is 5.75. The van der Waals surface area contributed by atoms with Crippen LogP contribution in [0.5, 0.6) is 17.2 Å². The topological polar surface area (TPSA) is 96.3 Å². The molecule has 7 nitrogen and oxygen atoms in total. The molecule has 7 heteroatoms. The van der Waals surface area contributed by atoms with Gasteiger partial charge in [0.05, 0.1) is 25.3 Å². The third kappa shape index (κ3) is 5.35. The number of unbranched alkanes of at least 4 members (excludes halogenated alkanes) is 2. The minimum atomic E-state index is -0.825. The molecule has 1 fully saturated rings. The molecule has 1 aliphatic heterocycles. The molecule has 182 valence electrons. The Hall–Kier alpha value is -3.48. The Morgan fingerprint density at radius 2 is 1.88 bits per heavy atom. The van der Waals surface area contributed by atoms with Crippen LogP contribution in [0.15, 0.2) is 48.0 Å². The van der Waals surface area contributed by atoms with Crippen molar-refractivity contribution in [3.8, 4) is 17.2 Å². The van der Waals surface area contributed by atoms with Crippen molar-refractivity contribution in [3.63, 3.8) is 0 Å². The largest absolute Gasteiger partial charge is 0.507 e. The van der Waals surface area contributed by atoms with E-state index in [0.717, 1.165) is 19.3 Å². The molecule has 1 amide bonds. The van der Waals surface area contributed by atoms with Crippen molar-refractivity contribution in [2.45, 2.75) is 46.1 Å². The Kier molecular flexibility index (Phi) is 8.21. The van der Waals surface area contributed by atoms with Crippen LogP contribution < -0.4 is 9.47 Å². The highest BCUT2D eigenvalue weighted by Gasteiger charge is 2.46. The number of likely N-dealkylation sites (tertiary alicyclic amines) is 1. The molecule has 1 unspecified atom stereocenters. The van der Waals surface area contributed by atoms with Gasteiger partial charge in [-0.1, -0.05) is 51.8 Å². The third-order valence-corrected chi connectivity index (χ3v) is 5.75. The van der Waals surface area contributed by atoms with Gasteiger partial charge in [-0.2, -0.15) is 0 Å². The van der Waals surface area contributed by atoms with Gasteiger partial charge in [-0.25, -0.2) is 0 Å². The first-order chi connectivity index (χ1) is 16.3. The van der Waals surface area contributed by atoms with Crippen molar-refractivity contribution in [3.05, 3.63) is 59.2 Å². The Morgan fingerprint density at radius 1 is 1.12 bits per heavy atom. The van der Waals surface area contributed by atoms with Gasteiger partial charge in [-0.15, -0.1) is 0 Å². The van der Waals surface area contributed by atoms with Crippen LogP contribution in [-0.2, 0) is 9.59 Å². The number of methoxy groups -OCH3 is 1. The summed E-state index contributed by atoms with van der Waals surface area (Å²) in [5, 5.41) is 21.6. The molecule has 2 aromatic rings. The van der Waals surface area contributed by atoms with Crippen LogP contribution in [0, 0.1) is 5.92 Å². The second kappa shape index (κ2) is 11.1. The molecule has 2 aromatic carbocycles. The number of carbonyl (C=O) groups is 2. The summed E-state index contributed by atoms with van der Waals surface area (Å²) >= 11 is 0. The zero-order chi connectivity index (χ0) is 24.8. The highest BCUT2D eigenvalue weighted by atomic mass is 16.5. The predicted octanol–water partition coefficient (Wildman–Crippen LogP) is 5.05. The number of carbonyl (C=O) groups excluding carboxylic acids is 2. The van der Waals surface area contributed by atoms with Gasteiger partial charge in [0.1, 0.15) is 11.5 Å². The number of hydrogen-bond donors (Lipinski definition) is 2. The van der Waals surface area contributed by atoms with E-state index in [1.54, 1.807) is 36.4 Å². The van der Waals surface area contributed by atoms with E-state index in [1.165, 1.54) is 18.1 Å². The second-order valence-corrected chi connectivity index (χ2v) is 8.86. The van der Waals surface area contributed by atoms with E-state index in [2.05, 4.69) is 6.92 Å². The molecule has 34 heavy (non-hydrogen) atoms. The van der Waals surface area contributed by atoms with Gasteiger partial charge in [-0.05, 0) is 42.2 Å². The minimum Gasteiger partial charge on any atom is -0.507 e. The first-order valence-corrected chi connectivity index (χ1v) is 11.7. The average Bonchev–Trinajstić information content (AvgIpc) is 3.07. The van der Waals surface area contributed by atoms with E-state index in [0.29, 0.717) is 35.9 Å². The lowest BCUT2D eigenvalue weighted by Gasteiger charge is -2.25. The number of ether oxygens (including phenoxy) is 2. The molecule has 0 saturated carbocycles. The molecule has 0 spiro atoms. The summed E-state index contributed by atoms with van der Waals surface area (Å²) in [6.45, 7) is 7.00. The van der Waals surface area contributed by atoms with Crippen LogP contribution in [0.4, 0.5) is 0 Å². The number of aliphatic hydroxyl groups is 1. The van der Waals surface area contributed by atoms with Crippen molar-refractivity contribution < 1.29 is 29.3 Å². The van der Waals surface area contributed by atoms with E-state index < -0.39 is 17.7 Å². The molecule has 2 N–H and O–H groups in total. The fourth-order valence-corrected chi connectivity index (χ4v) is 4.02. The zero-order valence-electron chi connectivity index (χ0n) is 20.2. The molecule has 0 aliphatic carbocycles. The monoisotopic (exact) mass is 467 g/mol. The second-order valence-electron chi connectivity index (χ2n) is 8.86. The number of aromatic hydroxyl groups is 1. The standard InChI is InChI=1S/C27H33NO6/c1-5-6-7-13-28-24(18-11-12-22(33-4)21(29)15-18)23(26(31)27(28)32)25(30)19-9-8-10-20(14-19)34-16-17(2)3/h8-12,14-15,17,24,29-30H,5-7,13,16H2,1-4H3/b25-23-. The van der Waals surface area contributed by atoms with Crippen LogP contribution >= 0.6 is 0 Å². The fraction of sp³-hybridized carbons (Fsp3) is 0.407. The number of rotatable bonds is 10. The molecular weight excluding hydrogens is 434 g/mol. The number of aliphatic hydroxyl groups excluding tert-OH is 1. The number of amides is 1. The number of nitrogens with zero attached hydrogens (tertiary/aromatic N) is 1. The molecule has 1 saturated heterocycles. The number of Topliss-reactive ketones (excluding diaryl/α,β-unsaturated/α-hetero) is 1. The van der Waals surface area contributed by atoms with Gasteiger partial charge in [0, 0.05) is 12.1 Å². The van der Waals surface area contributed by atoms with Crippen molar-refractivity contribution in [1.82, 2.24) is 4.90 Å². The smallest absolute Gasteiger partial charge is 0.295 e. The molecule has 1 atom stereocenters. The summed E-state index contributed by atoms with van der Waals surface area (Å²) in [6, 6.07) is 10.8. The first kappa shape index (κ1) is 25.1. The number of ketones is 1. The summed E-state index contributed by atoms with van der Waals surface area (Å²) in [5.41, 5.74) is 0.894. The van der Waals surface area contributed by atoms with Gasteiger partial charge in [-0.3, -0.25) is 9.59 Å². The summed E-state index contributed by atoms with van der Waals surface area (Å²) in [6.07, 6.45) is 2.58. The number of benzene rings is 2. The Labute approximate surface area is 200 Å². The normalized spacial score (nSPS) is 17.4. The van der Waals surface area contributed by atoms with Crippen molar-refractivity contribution in [2.24, 2.45) is 5.92 Å². The predicted molar refractivity (Wildman–Crippen MR) is 130 cm³/mol. The fourth-order valence-electron chi connectivity index (χ4n) is 4.02. The minimum absolute atomic E-state index is 0.00734. The maximum atomic E-state index is 13.1. The average molecular weight is 468 g/mol. The number of phenolic OH excluding ortho intramolecular Hbond substituents is 1. The molecule has 3 rings (SSSR count). The molecule has 1 heterocycles. The van der Waals surface area contributed by atoms with Crippen molar-refractivity contribution >= 4 is 17.4 Å². The first-order valence-electron chi connectivity index (χ1n) is 11.7. The van der Waals surface area contributed by atoms with Crippen LogP contribution in [0.3, 0.4) is 0 Å². The Balaban J connectivity index is 2.09. The highest BCUT2D eigenvalue weighted by Crippen LogP contribution is 2.42. The number of phenols is 1. The van der Waals surface area contributed by atoms with Crippen LogP contribution in [0.2, 0.25) is 0 Å². The zero-order valence-corrected chi connectivity index (χ0v) is 20.2. The maximum absolute atomic E-state index is 13.1. The SMILES string of the molecule is CCCCCN1C(=O)C(=O)/C(=C(\O)c2cccc(OCC(C)C)c2)C1c1ccc(OC)c(O)c1. The molecule has 0 bridgehead atoms. The quantitative estimate of drug-likeness (QED) is 0.220. The van der Waals surface area contributed by atoms with E-state index in [1.807, 2.05) is 13.8 Å². The van der Waals surface area contributed by atoms with E-state index >= 15 is 0 Å². The summed E-state index contributed by atoms with van der Waals surface area (Å²) < 4.78 is 10.9. The molecule has 1 aliphatic rings. The molecular formula is C27H33NO6. The number of hydrogen-bond acceptors (Lipinski definition) is 6. The Bertz CT molecular complexity index is 1070. The van der Waals surface area contributed by atoms with Crippen molar-refractivity contribution in [2.75, 3.05) is 20.3 Å². The highest BCUT2D eigenvalue weighted by molar-refractivity contribution is 6.46. The molecule has 0 aromatic heterocycles. The lowest BCUT2D eigenvalue weighted by Crippen LogP contribution is -2.30. The molecule has 0 radical (unpaired) electrons. The maximum Gasteiger partial charge on any atom is 0.295 e.